The van der Waals surface area contributed by atoms with Crippen molar-refractivity contribution in [2.45, 2.75) is 42.8 Å². The van der Waals surface area contributed by atoms with Crippen LogP contribution in [0.15, 0.2) is 17.3 Å². The molecule has 2 heterocycles. The molecule has 1 aliphatic carbocycles. The monoisotopic (exact) mass is 305 g/mol. The zero-order valence-corrected chi connectivity index (χ0v) is 13.1. The lowest BCUT2D eigenvalue weighted by molar-refractivity contribution is 0.0693. The fraction of sp³-hybridized carbons (Fsp3) is 0.533. The Morgan fingerprint density at radius 2 is 2.24 bits per heavy atom. The molecule has 3 rings (SSSR count). The Morgan fingerprint density at radius 3 is 2.95 bits per heavy atom. The predicted octanol–water partition coefficient (Wildman–Crippen LogP) is 3.34. The summed E-state index contributed by atoms with van der Waals surface area (Å²) in [6.45, 7) is 2.27. The van der Waals surface area contributed by atoms with E-state index >= 15 is 0 Å². The number of aromatic carboxylic acids is 1. The molecule has 1 fully saturated rings. The first-order valence-corrected chi connectivity index (χ1v) is 8.15. The maximum Gasteiger partial charge on any atom is 0.338 e. The second-order valence-electron chi connectivity index (χ2n) is 5.82. The quantitative estimate of drug-likeness (QED) is 0.942. The molecule has 5 nitrogen and oxygen atoms in total. The third-order valence-corrected chi connectivity index (χ3v) is 5.55. The van der Waals surface area contributed by atoms with Gasteiger partial charge in [0.25, 0.3) is 0 Å². The van der Waals surface area contributed by atoms with Crippen molar-refractivity contribution in [1.29, 1.82) is 0 Å². The second kappa shape index (κ2) is 5.67. The zero-order valence-electron chi connectivity index (χ0n) is 12.2. The van der Waals surface area contributed by atoms with E-state index < -0.39 is 5.97 Å². The minimum absolute atomic E-state index is 0.290. The average Bonchev–Trinajstić information content (AvgIpc) is 2.81. The summed E-state index contributed by atoms with van der Waals surface area (Å²) in [5.41, 5.74) is 1.03. The molecule has 6 heteroatoms. The van der Waals surface area contributed by atoms with Crippen LogP contribution in [0.3, 0.4) is 0 Å². The minimum Gasteiger partial charge on any atom is -0.478 e. The van der Waals surface area contributed by atoms with Gasteiger partial charge in [-0.05, 0) is 18.8 Å². The molecule has 2 unspecified atom stereocenters. The normalized spacial score (nSPS) is 22.6. The second-order valence-corrected chi connectivity index (χ2v) is 7.13. The minimum atomic E-state index is -0.917. The highest BCUT2D eigenvalue weighted by Crippen LogP contribution is 2.40. The number of thioether (sulfide) groups is 1. The first-order chi connectivity index (χ1) is 10.1. The highest BCUT2D eigenvalue weighted by atomic mass is 32.2. The molecule has 0 aliphatic heterocycles. The topological polar surface area (TPSA) is 68.0 Å². The molecule has 1 aliphatic rings. The van der Waals surface area contributed by atoms with E-state index in [1.165, 1.54) is 19.0 Å². The number of fused-ring (bicyclic) bond motifs is 1. The van der Waals surface area contributed by atoms with E-state index in [1.807, 2.05) is 7.05 Å². The van der Waals surface area contributed by atoms with Gasteiger partial charge in [-0.25, -0.2) is 9.78 Å². The van der Waals surface area contributed by atoms with Crippen LogP contribution in [-0.4, -0.2) is 31.1 Å². The number of carboxylic acid groups (broad SMARTS) is 1. The van der Waals surface area contributed by atoms with Gasteiger partial charge in [0.05, 0.1) is 17.1 Å². The molecule has 1 N–H and O–H groups in total. The number of carboxylic acids is 1. The van der Waals surface area contributed by atoms with Gasteiger partial charge in [0.2, 0.25) is 0 Å². The fourth-order valence-electron chi connectivity index (χ4n) is 3.01. The van der Waals surface area contributed by atoms with Gasteiger partial charge in [0, 0.05) is 23.4 Å². The van der Waals surface area contributed by atoms with Crippen LogP contribution in [0, 0.1) is 5.92 Å². The molecule has 0 bridgehead atoms. The maximum atomic E-state index is 11.5. The summed E-state index contributed by atoms with van der Waals surface area (Å²) in [7, 11) is 1.83. The van der Waals surface area contributed by atoms with Gasteiger partial charge in [0.1, 0.15) is 0 Å². The van der Waals surface area contributed by atoms with Crippen molar-refractivity contribution in [3.63, 3.8) is 0 Å². The Kier molecular flexibility index (Phi) is 3.89. The summed E-state index contributed by atoms with van der Waals surface area (Å²) in [4.78, 5) is 16.6. The molecule has 2 aromatic heterocycles. The SMILES string of the molecule is CC1CCCC(Sc2c(C(=O)O)cnc3c2cnn3C)C1. The van der Waals surface area contributed by atoms with Crippen molar-refractivity contribution in [2.75, 3.05) is 0 Å². The van der Waals surface area contributed by atoms with Gasteiger partial charge in [-0.3, -0.25) is 4.68 Å². The Labute approximate surface area is 127 Å². The lowest BCUT2D eigenvalue weighted by Crippen LogP contribution is -2.15. The fourth-order valence-corrected chi connectivity index (χ4v) is 4.59. The Morgan fingerprint density at radius 1 is 1.43 bits per heavy atom. The van der Waals surface area contributed by atoms with E-state index in [0.29, 0.717) is 10.8 Å². The van der Waals surface area contributed by atoms with Crippen LogP contribution in [0.2, 0.25) is 0 Å². The Balaban J connectivity index is 2.01. The molecule has 0 saturated heterocycles. The first-order valence-electron chi connectivity index (χ1n) is 7.27. The van der Waals surface area contributed by atoms with Gasteiger partial charge < -0.3 is 5.11 Å². The third-order valence-electron chi connectivity index (χ3n) is 4.12. The van der Waals surface area contributed by atoms with Gasteiger partial charge in [-0.1, -0.05) is 19.8 Å². The predicted molar refractivity (Wildman–Crippen MR) is 82.7 cm³/mol. The summed E-state index contributed by atoms with van der Waals surface area (Å²) in [6, 6.07) is 0. The van der Waals surface area contributed by atoms with Crippen LogP contribution < -0.4 is 0 Å². The molecule has 2 aromatic rings. The Hall–Kier alpha value is -1.56. The van der Waals surface area contributed by atoms with Crippen LogP contribution in [0.25, 0.3) is 11.0 Å². The van der Waals surface area contributed by atoms with Crippen LogP contribution in [0.4, 0.5) is 0 Å². The van der Waals surface area contributed by atoms with Crippen LogP contribution in [0.1, 0.15) is 43.0 Å². The van der Waals surface area contributed by atoms with Gasteiger partial charge in [-0.2, -0.15) is 5.10 Å². The van der Waals surface area contributed by atoms with Crippen molar-refractivity contribution in [1.82, 2.24) is 14.8 Å². The van der Waals surface area contributed by atoms with Crippen molar-refractivity contribution in [2.24, 2.45) is 13.0 Å². The molecule has 2 atom stereocenters. The maximum absolute atomic E-state index is 11.5. The zero-order chi connectivity index (χ0) is 15.0. The molecule has 1 saturated carbocycles. The van der Waals surface area contributed by atoms with Crippen molar-refractivity contribution in [3.8, 4) is 0 Å². The van der Waals surface area contributed by atoms with Gasteiger partial charge in [0.15, 0.2) is 5.65 Å². The highest BCUT2D eigenvalue weighted by Gasteiger charge is 2.24. The summed E-state index contributed by atoms with van der Waals surface area (Å²) in [6.07, 6.45) is 7.99. The first kappa shape index (κ1) is 14.4. The van der Waals surface area contributed by atoms with Crippen LogP contribution in [-0.2, 0) is 7.05 Å². The lowest BCUT2D eigenvalue weighted by atomic mass is 9.91. The smallest absolute Gasteiger partial charge is 0.338 e. The van der Waals surface area contributed by atoms with Gasteiger partial charge in [-0.15, -0.1) is 11.8 Å². The van der Waals surface area contributed by atoms with Gasteiger partial charge >= 0.3 is 5.97 Å². The van der Waals surface area contributed by atoms with Crippen molar-refractivity contribution >= 4 is 28.8 Å². The molecule has 21 heavy (non-hydrogen) atoms. The lowest BCUT2D eigenvalue weighted by Gasteiger charge is -2.26. The van der Waals surface area contributed by atoms with E-state index in [9.17, 15) is 9.90 Å². The van der Waals surface area contributed by atoms with Crippen LogP contribution >= 0.6 is 11.8 Å². The Bertz CT molecular complexity index is 683. The van der Waals surface area contributed by atoms with E-state index in [2.05, 4.69) is 17.0 Å². The van der Waals surface area contributed by atoms with E-state index in [0.717, 1.165) is 34.7 Å². The summed E-state index contributed by atoms with van der Waals surface area (Å²) in [5.74, 6) is -0.199. The number of aryl methyl sites for hydroxylation is 1. The molecule has 0 radical (unpaired) electrons. The number of nitrogens with zero attached hydrogens (tertiary/aromatic N) is 3. The van der Waals surface area contributed by atoms with Crippen LogP contribution in [0.5, 0.6) is 0 Å². The average molecular weight is 305 g/mol. The molecule has 0 spiro atoms. The van der Waals surface area contributed by atoms with E-state index in [4.69, 9.17) is 0 Å². The molecular weight excluding hydrogens is 286 g/mol. The highest BCUT2D eigenvalue weighted by molar-refractivity contribution is 8.00. The number of aromatic nitrogens is 3. The number of hydrogen-bond donors (Lipinski definition) is 1. The van der Waals surface area contributed by atoms with E-state index in [-0.39, 0.29) is 0 Å². The largest absolute Gasteiger partial charge is 0.478 e. The van der Waals surface area contributed by atoms with Crippen molar-refractivity contribution in [3.05, 3.63) is 18.0 Å². The third kappa shape index (κ3) is 2.77. The summed E-state index contributed by atoms with van der Waals surface area (Å²) in [5, 5.41) is 15.0. The van der Waals surface area contributed by atoms with Crippen molar-refractivity contribution < 1.29 is 9.90 Å². The number of hydrogen-bond acceptors (Lipinski definition) is 4. The molecule has 0 aromatic carbocycles. The molecular formula is C15H19N3O2S. The van der Waals surface area contributed by atoms with E-state index in [1.54, 1.807) is 22.6 Å². The molecule has 0 amide bonds. The standard InChI is InChI=1S/C15H19N3O2S/c1-9-4-3-5-10(6-9)21-13-11-8-17-18(2)14(11)16-7-12(13)15(19)20/h7-10H,3-6H2,1-2H3,(H,19,20). The number of carbonyl (C=O) groups is 1. The summed E-state index contributed by atoms with van der Waals surface area (Å²) < 4.78 is 1.69. The number of pyridine rings is 1. The summed E-state index contributed by atoms with van der Waals surface area (Å²) >= 11 is 1.69. The molecule has 112 valence electrons. The number of rotatable bonds is 3.